The van der Waals surface area contributed by atoms with Gasteiger partial charge in [-0.15, -0.1) is 12.4 Å². The summed E-state index contributed by atoms with van der Waals surface area (Å²) in [6.07, 6.45) is 6.94. The molecule has 0 aliphatic carbocycles. The van der Waals surface area contributed by atoms with E-state index in [1.54, 1.807) is 6.92 Å². The van der Waals surface area contributed by atoms with Gasteiger partial charge in [0.05, 0.1) is 6.04 Å². The molecule has 0 radical (unpaired) electrons. The average Bonchev–Trinajstić information content (AvgIpc) is 3.09. The van der Waals surface area contributed by atoms with Crippen molar-refractivity contribution in [3.05, 3.63) is 54.4 Å². The number of aromatic nitrogens is 1. The number of benzene rings is 1. The molecule has 0 spiro atoms. The number of hydrogen-bond donors (Lipinski definition) is 0. The Morgan fingerprint density at radius 3 is 2.33 bits per heavy atom. The topological polar surface area (TPSA) is 28.5 Å². The maximum atomic E-state index is 12.1. The van der Waals surface area contributed by atoms with Gasteiger partial charge in [-0.05, 0) is 43.0 Å². The molecule has 5 heteroatoms. The average molecular weight is 348 g/mol. The fourth-order valence-corrected chi connectivity index (χ4v) is 3.55. The van der Waals surface area contributed by atoms with E-state index >= 15 is 0 Å². The van der Waals surface area contributed by atoms with E-state index in [-0.39, 0.29) is 24.4 Å². The Labute approximate surface area is 150 Å². The van der Waals surface area contributed by atoms with Gasteiger partial charge in [-0.25, -0.2) is 5.01 Å². The number of piperidine rings is 1. The predicted molar refractivity (Wildman–Crippen MR) is 102 cm³/mol. The van der Waals surface area contributed by atoms with Crippen LogP contribution in [-0.2, 0) is 11.2 Å². The molecule has 3 rings (SSSR count). The highest BCUT2D eigenvalue weighted by Crippen LogP contribution is 2.26. The van der Waals surface area contributed by atoms with Crippen LogP contribution in [0.5, 0.6) is 0 Å². The van der Waals surface area contributed by atoms with Crippen LogP contribution in [0.25, 0.3) is 0 Å². The molecule has 0 atom stereocenters. The van der Waals surface area contributed by atoms with Crippen molar-refractivity contribution in [3.8, 4) is 0 Å². The summed E-state index contributed by atoms with van der Waals surface area (Å²) in [6.45, 7) is 5.84. The lowest BCUT2D eigenvalue weighted by molar-refractivity contribution is -0.118. The van der Waals surface area contributed by atoms with Gasteiger partial charge in [-0.2, -0.15) is 0 Å². The molecule has 1 aromatic heterocycles. The van der Waals surface area contributed by atoms with Crippen molar-refractivity contribution in [1.82, 2.24) is 4.68 Å². The normalized spacial score (nSPS) is 15.0. The van der Waals surface area contributed by atoms with Crippen LogP contribution in [0.3, 0.4) is 0 Å². The van der Waals surface area contributed by atoms with Crippen LogP contribution in [0, 0.1) is 0 Å². The summed E-state index contributed by atoms with van der Waals surface area (Å²) in [6, 6.07) is 12.8. The van der Waals surface area contributed by atoms with E-state index in [2.05, 4.69) is 36.1 Å². The minimum atomic E-state index is 0. The van der Waals surface area contributed by atoms with Crippen LogP contribution >= 0.6 is 12.4 Å². The molecule has 24 heavy (non-hydrogen) atoms. The molecule has 130 valence electrons. The molecule has 2 heterocycles. The zero-order chi connectivity index (χ0) is 16.2. The minimum absolute atomic E-state index is 0. The highest BCUT2D eigenvalue weighted by atomic mass is 35.5. The first-order valence-corrected chi connectivity index (χ1v) is 8.46. The second kappa shape index (κ2) is 8.25. The van der Waals surface area contributed by atoms with E-state index in [0.29, 0.717) is 0 Å². The second-order valence-corrected chi connectivity index (χ2v) is 6.13. The molecule has 0 unspecified atom stereocenters. The van der Waals surface area contributed by atoms with Gasteiger partial charge in [0.25, 0.3) is 0 Å². The highest BCUT2D eigenvalue weighted by Gasteiger charge is 2.27. The maximum absolute atomic E-state index is 12.1. The van der Waals surface area contributed by atoms with Crippen LogP contribution in [0.15, 0.2) is 48.8 Å². The van der Waals surface area contributed by atoms with Crippen molar-refractivity contribution < 1.29 is 4.79 Å². The third-order valence-corrected chi connectivity index (χ3v) is 4.68. The monoisotopic (exact) mass is 347 g/mol. The van der Waals surface area contributed by atoms with E-state index in [4.69, 9.17) is 0 Å². The molecule has 0 N–H and O–H groups in total. The molecule has 1 saturated heterocycles. The van der Waals surface area contributed by atoms with E-state index in [1.807, 2.05) is 34.2 Å². The molecule has 1 aliphatic heterocycles. The molecule has 1 amide bonds. The Bertz CT molecular complexity index is 648. The van der Waals surface area contributed by atoms with E-state index in [9.17, 15) is 4.79 Å². The summed E-state index contributed by atoms with van der Waals surface area (Å²) >= 11 is 0. The summed E-state index contributed by atoms with van der Waals surface area (Å²) < 4.78 is 1.92. The van der Waals surface area contributed by atoms with Crippen molar-refractivity contribution in [2.24, 2.45) is 0 Å². The molecule has 1 aromatic carbocycles. The van der Waals surface area contributed by atoms with Crippen molar-refractivity contribution >= 4 is 24.0 Å². The van der Waals surface area contributed by atoms with Crippen LogP contribution < -0.4 is 9.91 Å². The Kier molecular flexibility index (Phi) is 6.32. The van der Waals surface area contributed by atoms with Crippen LogP contribution in [0.1, 0.15) is 32.3 Å². The van der Waals surface area contributed by atoms with Crippen molar-refractivity contribution in [2.45, 2.75) is 39.2 Å². The van der Waals surface area contributed by atoms with Gasteiger partial charge in [0.1, 0.15) is 0 Å². The summed E-state index contributed by atoms with van der Waals surface area (Å²) in [7, 11) is 0. The fourth-order valence-electron chi connectivity index (χ4n) is 3.55. The summed E-state index contributed by atoms with van der Waals surface area (Å²) in [5, 5.41) is 1.89. The van der Waals surface area contributed by atoms with Gasteiger partial charge in [-0.1, -0.05) is 25.1 Å². The number of para-hydroxylation sites is 1. The molecule has 0 bridgehead atoms. The Hall–Kier alpha value is -1.94. The Balaban J connectivity index is 0.00000208. The summed E-state index contributed by atoms with van der Waals surface area (Å²) in [5.41, 5.74) is 2.75. The third kappa shape index (κ3) is 3.75. The first kappa shape index (κ1) is 18.4. The van der Waals surface area contributed by atoms with E-state index < -0.39 is 0 Å². The highest BCUT2D eigenvalue weighted by molar-refractivity contribution is 5.85. The van der Waals surface area contributed by atoms with Crippen LogP contribution in [0.4, 0.5) is 5.69 Å². The van der Waals surface area contributed by atoms with Gasteiger partial charge in [0.15, 0.2) is 0 Å². The van der Waals surface area contributed by atoms with Crippen molar-refractivity contribution in [3.63, 3.8) is 0 Å². The molecule has 2 aromatic rings. The Morgan fingerprint density at radius 1 is 1.12 bits per heavy atom. The summed E-state index contributed by atoms with van der Waals surface area (Å²) in [4.78, 5) is 14.5. The quantitative estimate of drug-likeness (QED) is 0.845. The number of carbonyl (C=O) groups is 1. The predicted octanol–water partition coefficient (Wildman–Crippen LogP) is 3.63. The largest absolute Gasteiger partial charge is 0.371 e. The first-order chi connectivity index (χ1) is 11.2. The molecule has 1 aliphatic rings. The number of hydrogen-bond acceptors (Lipinski definition) is 2. The standard InChI is InChI=1S/C19H25N3O.ClH/c1-3-17-8-4-5-9-19(17)20-14-10-18(11-15-20)22(16(2)23)21-12-6-7-13-21;/h4-9,12-13,18H,3,10-11,14-15H2,1-2H3;1H. The van der Waals surface area contributed by atoms with E-state index in [0.717, 1.165) is 32.4 Å². The second-order valence-electron chi connectivity index (χ2n) is 6.13. The van der Waals surface area contributed by atoms with E-state index in [1.165, 1.54) is 11.3 Å². The molecular weight excluding hydrogens is 322 g/mol. The number of nitrogens with zero attached hydrogens (tertiary/aromatic N) is 3. The molecular formula is C19H26ClN3O. The van der Waals surface area contributed by atoms with Gasteiger partial charge < -0.3 is 4.90 Å². The van der Waals surface area contributed by atoms with Gasteiger partial charge in [0, 0.05) is 38.1 Å². The maximum Gasteiger partial charge on any atom is 0.238 e. The lowest BCUT2D eigenvalue weighted by atomic mass is 10.0. The number of amides is 1. The van der Waals surface area contributed by atoms with Crippen LogP contribution in [-0.4, -0.2) is 29.7 Å². The number of aryl methyl sites for hydroxylation is 1. The lowest BCUT2D eigenvalue weighted by Gasteiger charge is -2.39. The SMILES string of the molecule is CCc1ccccc1N1CCC(N(C(C)=O)n2cccc2)CC1.Cl. The van der Waals surface area contributed by atoms with Gasteiger partial charge >= 0.3 is 0 Å². The van der Waals surface area contributed by atoms with Gasteiger partial charge in [0.2, 0.25) is 5.91 Å². The zero-order valence-electron chi connectivity index (χ0n) is 14.4. The Morgan fingerprint density at radius 2 is 1.75 bits per heavy atom. The van der Waals surface area contributed by atoms with Crippen LogP contribution in [0.2, 0.25) is 0 Å². The first-order valence-electron chi connectivity index (χ1n) is 8.46. The number of anilines is 1. The minimum Gasteiger partial charge on any atom is -0.371 e. The third-order valence-electron chi connectivity index (χ3n) is 4.68. The number of rotatable bonds is 4. The van der Waals surface area contributed by atoms with Gasteiger partial charge in [-0.3, -0.25) is 9.47 Å². The zero-order valence-corrected chi connectivity index (χ0v) is 15.2. The van der Waals surface area contributed by atoms with Crippen molar-refractivity contribution in [2.75, 3.05) is 23.0 Å². The number of halogens is 1. The fraction of sp³-hybridized carbons (Fsp3) is 0.421. The van der Waals surface area contributed by atoms with Crippen molar-refractivity contribution in [1.29, 1.82) is 0 Å². The molecule has 4 nitrogen and oxygen atoms in total. The molecule has 1 fully saturated rings. The molecule has 0 saturated carbocycles. The number of carbonyl (C=O) groups excluding carboxylic acids is 1. The smallest absolute Gasteiger partial charge is 0.238 e. The lowest BCUT2D eigenvalue weighted by Crippen LogP contribution is -2.51. The summed E-state index contributed by atoms with van der Waals surface area (Å²) in [5.74, 6) is 0.105.